The van der Waals surface area contributed by atoms with Gasteiger partial charge in [0.2, 0.25) is 5.91 Å². The number of nitrogens with one attached hydrogen (secondary N) is 1. The fourth-order valence-corrected chi connectivity index (χ4v) is 2.18. The summed E-state index contributed by atoms with van der Waals surface area (Å²) in [4.78, 5) is 25.7. The van der Waals surface area contributed by atoms with Crippen LogP contribution in [0.3, 0.4) is 0 Å². The number of likely N-dealkylation sites (N-methyl/N-ethyl adjacent to an activating group) is 1. The molecular weight excluding hydrogens is 308 g/mol. The number of rotatable bonds is 7. The Labute approximate surface area is 141 Å². The van der Waals surface area contributed by atoms with Gasteiger partial charge in [0.05, 0.1) is 19.3 Å². The van der Waals surface area contributed by atoms with Crippen LogP contribution in [0.2, 0.25) is 0 Å². The smallest absolute Gasteiger partial charge is 0.251 e. The van der Waals surface area contributed by atoms with Gasteiger partial charge >= 0.3 is 0 Å². The molecule has 2 aromatic rings. The van der Waals surface area contributed by atoms with E-state index < -0.39 is 0 Å². The Morgan fingerprint density at radius 1 is 1.29 bits per heavy atom. The fraction of sp³-hybridized carbons (Fsp3) is 0.353. The van der Waals surface area contributed by atoms with E-state index in [0.29, 0.717) is 24.5 Å². The van der Waals surface area contributed by atoms with Gasteiger partial charge in [0, 0.05) is 38.0 Å². The lowest BCUT2D eigenvalue weighted by Crippen LogP contribution is -2.37. The molecule has 1 aromatic carbocycles. The van der Waals surface area contributed by atoms with Gasteiger partial charge < -0.3 is 15.0 Å². The van der Waals surface area contributed by atoms with Crippen molar-refractivity contribution in [3.63, 3.8) is 0 Å². The van der Waals surface area contributed by atoms with E-state index in [1.807, 2.05) is 20.2 Å². The van der Waals surface area contributed by atoms with Crippen molar-refractivity contribution in [2.24, 2.45) is 7.05 Å². The van der Waals surface area contributed by atoms with Crippen LogP contribution < -0.4 is 10.1 Å². The summed E-state index contributed by atoms with van der Waals surface area (Å²) >= 11 is 0. The maximum atomic E-state index is 12.1. The third-order valence-corrected chi connectivity index (χ3v) is 3.43. The molecule has 7 heteroatoms. The van der Waals surface area contributed by atoms with Crippen molar-refractivity contribution in [3.05, 3.63) is 47.8 Å². The summed E-state index contributed by atoms with van der Waals surface area (Å²) in [5.41, 5.74) is 1.42. The Balaban J connectivity index is 1.82. The van der Waals surface area contributed by atoms with E-state index in [-0.39, 0.29) is 18.4 Å². The molecule has 2 rings (SSSR count). The predicted octanol–water partition coefficient (Wildman–Crippen LogP) is 1.21. The molecule has 1 heterocycles. The quantitative estimate of drug-likeness (QED) is 0.828. The third kappa shape index (κ3) is 4.84. The second-order valence-electron chi connectivity index (χ2n) is 5.41. The van der Waals surface area contributed by atoms with Gasteiger partial charge in [0.15, 0.2) is 0 Å². The highest BCUT2D eigenvalue weighted by molar-refractivity contribution is 5.96. The zero-order valence-corrected chi connectivity index (χ0v) is 14.2. The first-order chi connectivity index (χ1) is 11.5. The molecule has 1 N–H and O–H groups in total. The van der Waals surface area contributed by atoms with Crippen LogP contribution in [0.1, 0.15) is 22.8 Å². The van der Waals surface area contributed by atoms with Crippen molar-refractivity contribution >= 4 is 11.8 Å². The van der Waals surface area contributed by atoms with Gasteiger partial charge in [-0.1, -0.05) is 0 Å². The number of carbonyl (C=O) groups is 2. The van der Waals surface area contributed by atoms with E-state index in [9.17, 15) is 9.59 Å². The average Bonchev–Trinajstić information content (AvgIpc) is 2.98. The summed E-state index contributed by atoms with van der Waals surface area (Å²) in [6.07, 6.45) is 3.56. The number of aromatic nitrogens is 2. The van der Waals surface area contributed by atoms with Crippen LogP contribution in [0.5, 0.6) is 5.75 Å². The molecular formula is C17H22N4O3. The molecule has 0 radical (unpaired) electrons. The van der Waals surface area contributed by atoms with Gasteiger partial charge in [-0.15, -0.1) is 0 Å². The fourth-order valence-electron chi connectivity index (χ4n) is 2.18. The average molecular weight is 330 g/mol. The topological polar surface area (TPSA) is 76.5 Å². The van der Waals surface area contributed by atoms with Crippen LogP contribution in [0.25, 0.3) is 0 Å². The first-order valence-corrected chi connectivity index (χ1v) is 7.72. The molecule has 24 heavy (non-hydrogen) atoms. The Bertz CT molecular complexity index is 694. The van der Waals surface area contributed by atoms with E-state index >= 15 is 0 Å². The summed E-state index contributed by atoms with van der Waals surface area (Å²) in [5.74, 6) is 0.251. The summed E-state index contributed by atoms with van der Waals surface area (Å²) in [6, 6.07) is 6.80. The van der Waals surface area contributed by atoms with Crippen molar-refractivity contribution in [3.8, 4) is 5.75 Å². The summed E-state index contributed by atoms with van der Waals surface area (Å²) in [6.45, 7) is 2.87. The van der Waals surface area contributed by atoms with Gasteiger partial charge in [-0.05, 0) is 31.2 Å². The molecule has 0 unspecified atom stereocenters. The Morgan fingerprint density at radius 2 is 2.00 bits per heavy atom. The standard InChI is InChI=1S/C17H22N4O3/c1-4-24-15-7-5-14(6-8-15)17(23)18-10-16(22)20(2)11-13-9-19-21(3)12-13/h5-9,12H,4,10-11H2,1-3H3,(H,18,23). The normalized spacial score (nSPS) is 10.3. The maximum Gasteiger partial charge on any atom is 0.251 e. The van der Waals surface area contributed by atoms with Crippen molar-refractivity contribution in [2.45, 2.75) is 13.5 Å². The largest absolute Gasteiger partial charge is 0.494 e. The zero-order valence-electron chi connectivity index (χ0n) is 14.2. The number of benzene rings is 1. The summed E-state index contributed by atoms with van der Waals surface area (Å²) < 4.78 is 7.01. The van der Waals surface area contributed by atoms with Gasteiger partial charge in [-0.25, -0.2) is 0 Å². The van der Waals surface area contributed by atoms with Crippen LogP contribution in [0, 0.1) is 0 Å². The molecule has 0 bridgehead atoms. The number of aryl methyl sites for hydroxylation is 1. The molecule has 128 valence electrons. The van der Waals surface area contributed by atoms with Crippen molar-refractivity contribution in [1.29, 1.82) is 0 Å². The third-order valence-electron chi connectivity index (χ3n) is 3.43. The van der Waals surface area contributed by atoms with E-state index in [4.69, 9.17) is 4.74 Å². The molecule has 7 nitrogen and oxygen atoms in total. The highest BCUT2D eigenvalue weighted by Crippen LogP contribution is 2.11. The molecule has 0 spiro atoms. The van der Waals surface area contributed by atoms with Crippen LogP contribution in [0.15, 0.2) is 36.7 Å². The molecule has 0 aliphatic heterocycles. The second kappa shape index (κ2) is 8.14. The SMILES string of the molecule is CCOc1ccc(C(=O)NCC(=O)N(C)Cc2cnn(C)c2)cc1. The number of nitrogens with zero attached hydrogens (tertiary/aromatic N) is 3. The maximum absolute atomic E-state index is 12.1. The molecule has 0 saturated heterocycles. The summed E-state index contributed by atoms with van der Waals surface area (Å²) in [5, 5.41) is 6.69. The van der Waals surface area contributed by atoms with Gasteiger partial charge in [0.25, 0.3) is 5.91 Å². The molecule has 0 atom stereocenters. The second-order valence-corrected chi connectivity index (χ2v) is 5.41. The molecule has 0 fully saturated rings. The van der Waals surface area contributed by atoms with E-state index in [0.717, 1.165) is 5.56 Å². The lowest BCUT2D eigenvalue weighted by molar-refractivity contribution is -0.129. The summed E-state index contributed by atoms with van der Waals surface area (Å²) in [7, 11) is 3.51. The van der Waals surface area contributed by atoms with Gasteiger partial charge in [0.1, 0.15) is 5.75 Å². The minimum Gasteiger partial charge on any atom is -0.494 e. The van der Waals surface area contributed by atoms with Crippen molar-refractivity contribution in [1.82, 2.24) is 20.0 Å². The van der Waals surface area contributed by atoms with Gasteiger partial charge in [-0.3, -0.25) is 14.3 Å². The number of hydrogen-bond acceptors (Lipinski definition) is 4. The zero-order chi connectivity index (χ0) is 17.5. The molecule has 0 saturated carbocycles. The molecule has 0 aliphatic carbocycles. The highest BCUT2D eigenvalue weighted by Gasteiger charge is 2.12. The number of carbonyl (C=O) groups excluding carboxylic acids is 2. The predicted molar refractivity (Wildman–Crippen MR) is 89.6 cm³/mol. The minimum absolute atomic E-state index is 0.0528. The monoisotopic (exact) mass is 330 g/mol. The van der Waals surface area contributed by atoms with E-state index in [2.05, 4.69) is 10.4 Å². The van der Waals surface area contributed by atoms with Gasteiger partial charge in [-0.2, -0.15) is 5.10 Å². The number of hydrogen-bond donors (Lipinski definition) is 1. The first-order valence-electron chi connectivity index (χ1n) is 7.72. The van der Waals surface area contributed by atoms with Crippen LogP contribution in [-0.2, 0) is 18.4 Å². The molecule has 2 amide bonds. The Hall–Kier alpha value is -2.83. The van der Waals surface area contributed by atoms with Crippen molar-refractivity contribution < 1.29 is 14.3 Å². The van der Waals surface area contributed by atoms with Crippen molar-refractivity contribution in [2.75, 3.05) is 20.2 Å². The van der Waals surface area contributed by atoms with E-state index in [1.54, 1.807) is 47.1 Å². The lowest BCUT2D eigenvalue weighted by Gasteiger charge is -2.16. The van der Waals surface area contributed by atoms with Crippen LogP contribution in [0.4, 0.5) is 0 Å². The van der Waals surface area contributed by atoms with Crippen LogP contribution in [-0.4, -0.2) is 46.7 Å². The lowest BCUT2D eigenvalue weighted by atomic mass is 10.2. The first kappa shape index (κ1) is 17.5. The molecule has 0 aliphatic rings. The molecule has 1 aromatic heterocycles. The number of ether oxygens (including phenoxy) is 1. The van der Waals surface area contributed by atoms with E-state index in [1.165, 1.54) is 0 Å². The Morgan fingerprint density at radius 3 is 2.58 bits per heavy atom. The minimum atomic E-state index is -0.291. The van der Waals surface area contributed by atoms with Crippen LogP contribution >= 0.6 is 0 Å². The number of amides is 2. The highest BCUT2D eigenvalue weighted by atomic mass is 16.5. The Kier molecular flexibility index (Phi) is 5.95.